The van der Waals surface area contributed by atoms with Gasteiger partial charge in [0.2, 0.25) is 5.91 Å². The molecular weight excluding hydrogens is 476 g/mol. The van der Waals surface area contributed by atoms with Gasteiger partial charge in [0.15, 0.2) is 11.5 Å². The van der Waals surface area contributed by atoms with Crippen molar-refractivity contribution in [3.63, 3.8) is 0 Å². The van der Waals surface area contributed by atoms with Crippen molar-refractivity contribution in [2.24, 2.45) is 0 Å². The zero-order valence-corrected chi connectivity index (χ0v) is 21.0. The molecule has 3 aromatic rings. The van der Waals surface area contributed by atoms with Crippen molar-refractivity contribution < 1.29 is 23.8 Å². The van der Waals surface area contributed by atoms with Gasteiger partial charge >= 0.3 is 0 Å². The SMILES string of the molecule is COc1cc(Cl)c(C)cc1NC(=O)[C@H]1c2cc(OC)c(OC)cc2C(=O)N(C)[C@@H]1c1cccs1. The van der Waals surface area contributed by atoms with E-state index in [2.05, 4.69) is 5.32 Å². The van der Waals surface area contributed by atoms with Gasteiger partial charge in [0.1, 0.15) is 5.75 Å². The number of anilines is 1. The zero-order chi connectivity index (χ0) is 24.6. The van der Waals surface area contributed by atoms with Crippen molar-refractivity contribution in [1.82, 2.24) is 4.90 Å². The molecule has 0 fully saturated rings. The number of fused-ring (bicyclic) bond motifs is 1. The van der Waals surface area contributed by atoms with E-state index in [9.17, 15) is 9.59 Å². The van der Waals surface area contributed by atoms with Crippen LogP contribution >= 0.6 is 22.9 Å². The highest BCUT2D eigenvalue weighted by atomic mass is 35.5. The van der Waals surface area contributed by atoms with Crippen molar-refractivity contribution >= 4 is 40.4 Å². The lowest BCUT2D eigenvalue weighted by atomic mass is 9.81. The van der Waals surface area contributed by atoms with E-state index in [0.717, 1.165) is 10.4 Å². The Morgan fingerprint density at radius 1 is 1.06 bits per heavy atom. The highest BCUT2D eigenvalue weighted by Gasteiger charge is 2.44. The van der Waals surface area contributed by atoms with Gasteiger partial charge in [-0.05, 0) is 47.7 Å². The zero-order valence-electron chi connectivity index (χ0n) is 19.5. The van der Waals surface area contributed by atoms with Crippen LogP contribution in [0.4, 0.5) is 5.69 Å². The lowest BCUT2D eigenvalue weighted by molar-refractivity contribution is -0.119. The van der Waals surface area contributed by atoms with E-state index in [4.69, 9.17) is 25.8 Å². The standard InChI is InChI=1S/C25H25ClN2O5S/c1-13-9-17(18(31-3)12-16(13)26)27-24(29)22-14-10-19(32-4)20(33-5)11-15(14)25(30)28(2)23(22)21-7-6-8-34-21/h6-12,22-23H,1-5H3,(H,27,29)/t22-,23+/m0/s1. The maximum absolute atomic E-state index is 13.9. The number of hydrogen-bond acceptors (Lipinski definition) is 6. The van der Waals surface area contributed by atoms with Gasteiger partial charge in [-0.2, -0.15) is 0 Å². The second-order valence-corrected chi connectivity index (χ2v) is 9.33. The first-order valence-corrected chi connectivity index (χ1v) is 11.8. The van der Waals surface area contributed by atoms with E-state index in [1.807, 2.05) is 24.4 Å². The van der Waals surface area contributed by atoms with Crippen LogP contribution in [0.3, 0.4) is 0 Å². The number of aryl methyl sites for hydroxylation is 1. The Balaban J connectivity index is 1.87. The molecule has 1 aliphatic heterocycles. The summed E-state index contributed by atoms with van der Waals surface area (Å²) in [6.07, 6.45) is 0. The molecule has 0 bridgehead atoms. The van der Waals surface area contributed by atoms with Crippen molar-refractivity contribution in [1.29, 1.82) is 0 Å². The van der Waals surface area contributed by atoms with Crippen LogP contribution in [0.15, 0.2) is 41.8 Å². The Kier molecular flexibility index (Phi) is 6.72. The van der Waals surface area contributed by atoms with Crippen molar-refractivity contribution in [2.45, 2.75) is 18.9 Å². The highest BCUT2D eigenvalue weighted by molar-refractivity contribution is 7.10. The molecule has 34 heavy (non-hydrogen) atoms. The van der Waals surface area contributed by atoms with Crippen LogP contribution < -0.4 is 19.5 Å². The van der Waals surface area contributed by atoms with Gasteiger partial charge in [0, 0.05) is 28.6 Å². The summed E-state index contributed by atoms with van der Waals surface area (Å²) in [7, 11) is 6.26. The number of thiophene rings is 1. The summed E-state index contributed by atoms with van der Waals surface area (Å²) in [6.45, 7) is 1.85. The summed E-state index contributed by atoms with van der Waals surface area (Å²) in [4.78, 5) is 29.8. The minimum Gasteiger partial charge on any atom is -0.495 e. The number of benzene rings is 2. The monoisotopic (exact) mass is 500 g/mol. The number of carbonyl (C=O) groups excluding carboxylic acids is 2. The average Bonchev–Trinajstić information content (AvgIpc) is 3.36. The van der Waals surface area contributed by atoms with Gasteiger partial charge in [0.25, 0.3) is 5.91 Å². The third kappa shape index (κ3) is 4.08. The lowest BCUT2D eigenvalue weighted by Gasteiger charge is -2.39. The number of halogens is 1. The number of ether oxygens (including phenoxy) is 3. The third-order valence-corrected chi connectivity index (χ3v) is 7.38. The molecule has 0 saturated heterocycles. The van der Waals surface area contributed by atoms with Gasteiger partial charge in [-0.3, -0.25) is 9.59 Å². The van der Waals surface area contributed by atoms with Crippen LogP contribution in [-0.4, -0.2) is 45.1 Å². The maximum atomic E-state index is 13.9. The summed E-state index contributed by atoms with van der Waals surface area (Å²) in [5, 5.41) is 5.47. The largest absolute Gasteiger partial charge is 0.495 e. The lowest BCUT2D eigenvalue weighted by Crippen LogP contribution is -2.43. The second-order valence-electron chi connectivity index (χ2n) is 7.94. The molecule has 0 aliphatic carbocycles. The summed E-state index contributed by atoms with van der Waals surface area (Å²) < 4.78 is 16.3. The molecule has 2 heterocycles. The molecule has 0 unspecified atom stereocenters. The summed E-state index contributed by atoms with van der Waals surface area (Å²) in [5.74, 6) is 0.124. The minimum absolute atomic E-state index is 0.196. The van der Waals surface area contributed by atoms with Crippen molar-refractivity contribution in [3.8, 4) is 17.2 Å². The number of amides is 2. The van der Waals surface area contributed by atoms with Gasteiger partial charge < -0.3 is 24.4 Å². The molecule has 2 amide bonds. The first kappa shape index (κ1) is 23.9. The van der Waals surface area contributed by atoms with E-state index in [1.54, 1.807) is 36.2 Å². The molecule has 0 saturated carbocycles. The molecule has 1 aliphatic rings. The molecule has 9 heteroatoms. The first-order chi connectivity index (χ1) is 16.3. The van der Waals surface area contributed by atoms with Crippen LogP contribution in [-0.2, 0) is 4.79 Å². The van der Waals surface area contributed by atoms with Gasteiger partial charge in [0.05, 0.1) is 39.0 Å². The van der Waals surface area contributed by atoms with Crippen LogP contribution in [0.2, 0.25) is 5.02 Å². The van der Waals surface area contributed by atoms with E-state index in [1.165, 1.54) is 32.7 Å². The summed E-state index contributed by atoms with van der Waals surface area (Å²) in [5.41, 5.74) is 2.27. The van der Waals surface area contributed by atoms with Gasteiger partial charge in [-0.1, -0.05) is 17.7 Å². The normalized spacial score (nSPS) is 17.2. The Hall–Kier alpha value is -3.23. The van der Waals surface area contributed by atoms with Crippen molar-refractivity contribution in [2.75, 3.05) is 33.7 Å². The van der Waals surface area contributed by atoms with Gasteiger partial charge in [-0.15, -0.1) is 11.3 Å². The van der Waals surface area contributed by atoms with Crippen LogP contribution in [0.5, 0.6) is 17.2 Å². The smallest absolute Gasteiger partial charge is 0.254 e. The second kappa shape index (κ2) is 9.56. The van der Waals surface area contributed by atoms with E-state index in [0.29, 0.717) is 39.1 Å². The Bertz CT molecular complexity index is 1240. The van der Waals surface area contributed by atoms with E-state index in [-0.39, 0.29) is 11.8 Å². The molecule has 4 rings (SSSR count). The molecule has 1 aromatic heterocycles. The maximum Gasteiger partial charge on any atom is 0.254 e. The number of nitrogens with one attached hydrogen (secondary N) is 1. The van der Waals surface area contributed by atoms with Crippen molar-refractivity contribution in [3.05, 3.63) is 68.4 Å². The fraction of sp³-hybridized carbons (Fsp3) is 0.280. The molecule has 2 aromatic carbocycles. The number of carbonyl (C=O) groups is 2. The van der Waals surface area contributed by atoms with Crippen LogP contribution in [0.25, 0.3) is 0 Å². The molecule has 7 nitrogen and oxygen atoms in total. The fourth-order valence-electron chi connectivity index (χ4n) is 4.29. The molecule has 178 valence electrons. The number of nitrogens with zero attached hydrogens (tertiary/aromatic N) is 1. The predicted molar refractivity (Wildman–Crippen MR) is 133 cm³/mol. The minimum atomic E-state index is -0.711. The predicted octanol–water partition coefficient (Wildman–Crippen LogP) is 5.28. The number of rotatable bonds is 6. The van der Waals surface area contributed by atoms with Gasteiger partial charge in [-0.25, -0.2) is 0 Å². The topological polar surface area (TPSA) is 77.1 Å². The number of likely N-dealkylation sites (N-methyl/N-ethyl adjacent to an activating group) is 1. The quantitative estimate of drug-likeness (QED) is 0.498. The van der Waals surface area contributed by atoms with E-state index >= 15 is 0 Å². The molecule has 1 N–H and O–H groups in total. The summed E-state index contributed by atoms with van der Waals surface area (Å²) >= 11 is 7.74. The Morgan fingerprint density at radius 2 is 1.74 bits per heavy atom. The third-order valence-electron chi connectivity index (χ3n) is 6.03. The molecule has 2 atom stereocenters. The first-order valence-electron chi connectivity index (χ1n) is 10.5. The number of hydrogen-bond donors (Lipinski definition) is 1. The van der Waals surface area contributed by atoms with Crippen LogP contribution in [0.1, 0.15) is 38.3 Å². The van der Waals surface area contributed by atoms with Crippen LogP contribution in [0, 0.1) is 6.92 Å². The summed E-state index contributed by atoms with van der Waals surface area (Å²) in [6, 6.07) is 10.1. The fourth-order valence-corrected chi connectivity index (χ4v) is 5.35. The Morgan fingerprint density at radius 3 is 2.35 bits per heavy atom. The average molecular weight is 501 g/mol. The molecule has 0 radical (unpaired) electrons. The Labute approximate surface area is 207 Å². The molecular formula is C25H25ClN2O5S. The highest BCUT2D eigenvalue weighted by Crippen LogP contribution is 2.47. The van der Waals surface area contributed by atoms with E-state index < -0.39 is 12.0 Å². The number of methoxy groups -OCH3 is 3. The molecule has 0 spiro atoms.